The van der Waals surface area contributed by atoms with Crippen LogP contribution in [-0.2, 0) is 4.79 Å². The topological polar surface area (TPSA) is 17.1 Å². The van der Waals surface area contributed by atoms with Gasteiger partial charge in [-0.05, 0) is 12.0 Å². The van der Waals surface area contributed by atoms with Crippen LogP contribution in [0.15, 0.2) is 35.2 Å². The second-order valence-corrected chi connectivity index (χ2v) is 3.04. The third-order valence-corrected chi connectivity index (χ3v) is 2.01. The van der Waals surface area contributed by atoms with E-state index in [1.165, 1.54) is 0 Å². The van der Waals surface area contributed by atoms with Crippen LogP contribution in [0.4, 0.5) is 4.39 Å². The predicted molar refractivity (Wildman–Crippen MR) is 46.5 cm³/mol. The molecule has 0 N–H and O–H groups in total. The van der Waals surface area contributed by atoms with Gasteiger partial charge in [0.15, 0.2) is 5.78 Å². The molecule has 1 aliphatic rings. The number of halogens is 2. The number of Topliss-reactive ketones (excluding diaryl/α,β-unsaturated/α-hetero) is 1. The van der Waals surface area contributed by atoms with Crippen molar-refractivity contribution in [1.29, 1.82) is 0 Å². The van der Waals surface area contributed by atoms with Crippen LogP contribution in [0, 0.1) is 0 Å². The van der Waals surface area contributed by atoms with E-state index in [4.69, 9.17) is 11.6 Å². The number of carbonyl (C=O) groups is 1. The van der Waals surface area contributed by atoms with Gasteiger partial charge in [0.2, 0.25) is 0 Å². The van der Waals surface area contributed by atoms with Gasteiger partial charge in [-0.25, -0.2) is 4.39 Å². The zero-order chi connectivity index (χ0) is 9.30. The highest BCUT2D eigenvalue weighted by molar-refractivity contribution is 6.32. The maximum absolute atomic E-state index is 12.7. The van der Waals surface area contributed by atoms with Gasteiger partial charge in [-0.15, -0.1) is 0 Å². The molecule has 0 fully saturated rings. The minimum atomic E-state index is -0.714. The first-order chi connectivity index (χ1) is 5.54. The Morgan fingerprint density at radius 3 is 2.33 bits per heavy atom. The molecule has 0 amide bonds. The van der Waals surface area contributed by atoms with Crippen LogP contribution in [0.25, 0.3) is 0 Å². The predicted octanol–water partition coefficient (Wildman–Crippen LogP) is 2.88. The van der Waals surface area contributed by atoms with Crippen molar-refractivity contribution in [1.82, 2.24) is 0 Å². The number of hydrogen-bond acceptors (Lipinski definition) is 1. The number of carbonyl (C=O) groups excluding carboxylic acids is 1. The average Bonchev–Trinajstić information content (AvgIpc) is 2.30. The van der Waals surface area contributed by atoms with Gasteiger partial charge >= 0.3 is 0 Å². The molecule has 12 heavy (non-hydrogen) atoms. The summed E-state index contributed by atoms with van der Waals surface area (Å²) in [4.78, 5) is 11.1. The smallest absolute Gasteiger partial charge is 0.166 e. The summed E-state index contributed by atoms with van der Waals surface area (Å²) < 4.78 is 12.7. The van der Waals surface area contributed by atoms with Gasteiger partial charge in [-0.2, -0.15) is 0 Å². The first-order valence-corrected chi connectivity index (χ1v) is 3.87. The molecule has 64 valence electrons. The Hall–Kier alpha value is -0.890. The maximum Gasteiger partial charge on any atom is 0.166 e. The molecular formula is C9H8ClFO. The highest BCUT2D eigenvalue weighted by Crippen LogP contribution is 2.33. The maximum atomic E-state index is 12.7. The van der Waals surface area contributed by atoms with Crippen LogP contribution in [-0.4, -0.2) is 5.78 Å². The Labute approximate surface area is 75.2 Å². The fourth-order valence-corrected chi connectivity index (χ4v) is 1.43. The van der Waals surface area contributed by atoms with E-state index in [2.05, 4.69) is 13.2 Å². The molecule has 0 saturated carbocycles. The van der Waals surface area contributed by atoms with Crippen molar-refractivity contribution in [2.45, 2.75) is 12.8 Å². The molecule has 1 nitrogen and oxygen atoms in total. The normalized spacial score (nSPS) is 17.0. The summed E-state index contributed by atoms with van der Waals surface area (Å²) in [6, 6.07) is 0. The molecule has 1 rings (SSSR count). The van der Waals surface area contributed by atoms with E-state index in [0.717, 1.165) is 0 Å². The van der Waals surface area contributed by atoms with Crippen LogP contribution < -0.4 is 0 Å². The zero-order valence-corrected chi connectivity index (χ0v) is 7.25. The summed E-state index contributed by atoms with van der Waals surface area (Å²) in [6.07, 6.45) is 0.777. The van der Waals surface area contributed by atoms with Gasteiger partial charge < -0.3 is 0 Å². The molecule has 3 heteroatoms. The third kappa shape index (κ3) is 1.48. The fourth-order valence-electron chi connectivity index (χ4n) is 1.24. The summed E-state index contributed by atoms with van der Waals surface area (Å²) in [6.45, 7) is 6.53. The Morgan fingerprint density at radius 1 is 1.42 bits per heavy atom. The summed E-state index contributed by atoms with van der Waals surface area (Å²) >= 11 is 5.58. The van der Waals surface area contributed by atoms with E-state index in [1.807, 2.05) is 0 Å². The lowest BCUT2D eigenvalue weighted by Gasteiger charge is -1.99. The van der Waals surface area contributed by atoms with Gasteiger partial charge in [0.05, 0.1) is 5.57 Å². The molecule has 0 heterocycles. The van der Waals surface area contributed by atoms with Gasteiger partial charge in [-0.1, -0.05) is 24.8 Å². The van der Waals surface area contributed by atoms with E-state index in [1.54, 1.807) is 0 Å². The standard InChI is InChI=1S/C9H8ClFO/c1-5(10)7-3-4-8(12)9(7)6(2)11/h1-4H2. The first kappa shape index (κ1) is 9.20. The number of ketones is 1. The molecule has 0 aliphatic heterocycles. The second kappa shape index (κ2) is 3.23. The van der Waals surface area contributed by atoms with Crippen molar-refractivity contribution in [2.24, 2.45) is 0 Å². The minimum Gasteiger partial charge on any atom is -0.294 e. The monoisotopic (exact) mass is 186 g/mol. The fraction of sp³-hybridized carbons (Fsp3) is 0.222. The quantitative estimate of drug-likeness (QED) is 0.648. The molecular weight excluding hydrogens is 179 g/mol. The van der Waals surface area contributed by atoms with Crippen LogP contribution in [0.2, 0.25) is 0 Å². The van der Waals surface area contributed by atoms with Crippen LogP contribution in [0.5, 0.6) is 0 Å². The Morgan fingerprint density at radius 2 is 2.00 bits per heavy atom. The minimum absolute atomic E-state index is 0.0231. The summed E-state index contributed by atoms with van der Waals surface area (Å²) in [5.74, 6) is -0.950. The Kier molecular flexibility index (Phi) is 2.48. The van der Waals surface area contributed by atoms with Crippen molar-refractivity contribution in [3.63, 3.8) is 0 Å². The van der Waals surface area contributed by atoms with Crippen molar-refractivity contribution < 1.29 is 9.18 Å². The third-order valence-electron chi connectivity index (χ3n) is 1.78. The van der Waals surface area contributed by atoms with E-state index in [-0.39, 0.29) is 16.4 Å². The van der Waals surface area contributed by atoms with Gasteiger partial charge in [-0.3, -0.25) is 4.79 Å². The number of allylic oxidation sites excluding steroid dienone is 4. The van der Waals surface area contributed by atoms with Gasteiger partial charge in [0, 0.05) is 11.5 Å². The molecule has 0 atom stereocenters. The van der Waals surface area contributed by atoms with Gasteiger partial charge in [0.1, 0.15) is 5.83 Å². The van der Waals surface area contributed by atoms with E-state index < -0.39 is 5.83 Å². The highest BCUT2D eigenvalue weighted by Gasteiger charge is 2.25. The van der Waals surface area contributed by atoms with Crippen molar-refractivity contribution in [3.05, 3.63) is 35.2 Å². The van der Waals surface area contributed by atoms with E-state index in [9.17, 15) is 9.18 Å². The van der Waals surface area contributed by atoms with Crippen LogP contribution in [0.3, 0.4) is 0 Å². The SMILES string of the molecule is C=C(F)C1=C(C(=C)Cl)CCC1=O. The molecule has 0 unspecified atom stereocenters. The Bertz CT molecular complexity index is 302. The van der Waals surface area contributed by atoms with E-state index in [0.29, 0.717) is 18.4 Å². The first-order valence-electron chi connectivity index (χ1n) is 3.50. The second-order valence-electron chi connectivity index (χ2n) is 2.59. The lowest BCUT2D eigenvalue weighted by atomic mass is 10.1. The summed E-state index contributed by atoms with van der Waals surface area (Å²) in [5, 5.41) is 0.231. The molecule has 0 radical (unpaired) electrons. The number of rotatable bonds is 2. The lowest BCUT2D eigenvalue weighted by molar-refractivity contribution is -0.114. The molecule has 1 aliphatic carbocycles. The van der Waals surface area contributed by atoms with Crippen molar-refractivity contribution >= 4 is 17.4 Å². The largest absolute Gasteiger partial charge is 0.294 e. The molecule has 0 bridgehead atoms. The average molecular weight is 187 g/mol. The number of hydrogen-bond donors (Lipinski definition) is 0. The highest BCUT2D eigenvalue weighted by atomic mass is 35.5. The molecule has 0 aromatic heterocycles. The summed E-state index contributed by atoms with van der Waals surface area (Å²) in [5.41, 5.74) is 0.518. The lowest BCUT2D eigenvalue weighted by Crippen LogP contribution is -1.96. The van der Waals surface area contributed by atoms with Crippen molar-refractivity contribution in [3.8, 4) is 0 Å². The van der Waals surface area contributed by atoms with Gasteiger partial charge in [0.25, 0.3) is 0 Å². The van der Waals surface area contributed by atoms with Crippen LogP contribution in [0.1, 0.15) is 12.8 Å². The summed E-state index contributed by atoms with van der Waals surface area (Å²) in [7, 11) is 0. The zero-order valence-electron chi connectivity index (χ0n) is 6.49. The Balaban J connectivity index is 3.15. The van der Waals surface area contributed by atoms with E-state index >= 15 is 0 Å². The molecule has 0 spiro atoms. The molecule has 0 aromatic carbocycles. The van der Waals surface area contributed by atoms with Crippen LogP contribution >= 0.6 is 11.6 Å². The molecule has 0 saturated heterocycles. The molecule has 0 aromatic rings. The van der Waals surface area contributed by atoms with Crippen molar-refractivity contribution in [2.75, 3.05) is 0 Å².